The van der Waals surface area contributed by atoms with E-state index in [1.165, 1.54) is 4.68 Å². The number of nitrogens with one attached hydrogen (secondary N) is 1. The van der Waals surface area contributed by atoms with Crippen molar-refractivity contribution in [1.82, 2.24) is 9.78 Å². The molecule has 0 aliphatic carbocycles. The average Bonchev–Trinajstić information content (AvgIpc) is 2.62. The molecule has 0 saturated heterocycles. The van der Waals surface area contributed by atoms with Crippen LogP contribution >= 0.6 is 0 Å². The topological polar surface area (TPSA) is 113 Å². The van der Waals surface area contributed by atoms with E-state index in [4.69, 9.17) is 10.2 Å². The molecule has 3 N–H and O–H groups in total. The fourth-order valence-corrected chi connectivity index (χ4v) is 1.65. The highest BCUT2D eigenvalue weighted by molar-refractivity contribution is 5.60. The van der Waals surface area contributed by atoms with Crippen molar-refractivity contribution in [1.29, 1.82) is 0 Å². The molecule has 0 saturated carbocycles. The number of aromatic nitrogens is 2. The van der Waals surface area contributed by atoms with E-state index in [1.54, 1.807) is 6.92 Å². The highest BCUT2D eigenvalue weighted by Gasteiger charge is 2.26. The third kappa shape index (κ3) is 2.96. The molecular formula is C10H18N4O4. The fraction of sp³-hybridized carbons (Fsp3) is 0.700. The molecule has 0 radical (unpaired) electrons. The van der Waals surface area contributed by atoms with E-state index in [9.17, 15) is 10.1 Å². The van der Waals surface area contributed by atoms with Gasteiger partial charge in [-0.15, -0.1) is 0 Å². The van der Waals surface area contributed by atoms with E-state index in [-0.39, 0.29) is 24.7 Å². The molecular weight excluding hydrogens is 240 g/mol. The molecule has 0 aliphatic rings. The van der Waals surface area contributed by atoms with Crippen LogP contribution in [0.25, 0.3) is 0 Å². The summed E-state index contributed by atoms with van der Waals surface area (Å²) in [6.07, 6.45) is 0.774. The summed E-state index contributed by atoms with van der Waals surface area (Å²) in [6, 6.07) is -0.643. The summed E-state index contributed by atoms with van der Waals surface area (Å²) in [4.78, 5) is 10.5. The molecule has 0 aliphatic heterocycles. The van der Waals surface area contributed by atoms with Crippen LogP contribution in [0.2, 0.25) is 0 Å². The maximum atomic E-state index is 11.0. The SMILES string of the molecule is CCCn1nc(C)c([N+](=O)[O-])c1NC(CO)CO. The van der Waals surface area contributed by atoms with Crippen LogP contribution in [0.4, 0.5) is 11.5 Å². The van der Waals surface area contributed by atoms with Crippen LogP contribution in [0.15, 0.2) is 0 Å². The lowest BCUT2D eigenvalue weighted by Crippen LogP contribution is -2.29. The minimum atomic E-state index is -0.643. The maximum Gasteiger partial charge on any atom is 0.333 e. The summed E-state index contributed by atoms with van der Waals surface area (Å²) in [7, 11) is 0. The molecule has 8 nitrogen and oxygen atoms in total. The second-order valence-corrected chi connectivity index (χ2v) is 3.97. The molecule has 1 rings (SSSR count). The molecule has 0 bridgehead atoms. The minimum absolute atomic E-state index is 0.115. The van der Waals surface area contributed by atoms with Gasteiger partial charge < -0.3 is 15.5 Å². The van der Waals surface area contributed by atoms with Crippen LogP contribution in [-0.2, 0) is 6.54 Å². The highest BCUT2D eigenvalue weighted by atomic mass is 16.6. The molecule has 0 amide bonds. The van der Waals surface area contributed by atoms with Crippen molar-refractivity contribution in [2.75, 3.05) is 18.5 Å². The zero-order valence-corrected chi connectivity index (χ0v) is 10.5. The lowest BCUT2D eigenvalue weighted by molar-refractivity contribution is -0.384. The van der Waals surface area contributed by atoms with Crippen LogP contribution in [0, 0.1) is 17.0 Å². The van der Waals surface area contributed by atoms with Gasteiger partial charge >= 0.3 is 5.69 Å². The van der Waals surface area contributed by atoms with Gasteiger partial charge in [-0.05, 0) is 13.3 Å². The summed E-state index contributed by atoms with van der Waals surface area (Å²) in [6.45, 7) is 3.39. The van der Waals surface area contributed by atoms with Gasteiger partial charge in [0.2, 0.25) is 5.82 Å². The lowest BCUT2D eigenvalue weighted by Gasteiger charge is -2.15. The Morgan fingerprint density at radius 2 is 2.11 bits per heavy atom. The van der Waals surface area contributed by atoms with Gasteiger partial charge in [-0.2, -0.15) is 5.10 Å². The Morgan fingerprint density at radius 1 is 1.50 bits per heavy atom. The van der Waals surface area contributed by atoms with Crippen molar-refractivity contribution < 1.29 is 15.1 Å². The second kappa shape index (κ2) is 6.31. The normalized spacial score (nSPS) is 10.9. The number of rotatable bonds is 7. The number of anilines is 1. The number of aliphatic hydroxyl groups is 2. The fourth-order valence-electron chi connectivity index (χ4n) is 1.65. The second-order valence-electron chi connectivity index (χ2n) is 3.97. The molecule has 0 spiro atoms. The molecule has 1 aromatic heterocycles. The quantitative estimate of drug-likeness (QED) is 0.478. The van der Waals surface area contributed by atoms with E-state index < -0.39 is 11.0 Å². The van der Waals surface area contributed by atoms with Crippen molar-refractivity contribution >= 4 is 11.5 Å². The van der Waals surface area contributed by atoms with E-state index in [0.29, 0.717) is 12.2 Å². The number of nitro groups is 1. The van der Waals surface area contributed by atoms with Crippen LogP contribution in [-0.4, -0.2) is 44.2 Å². The standard InChI is InChI=1S/C10H18N4O4/c1-3-4-13-10(11-8(5-15)6-16)9(14(17)18)7(2)12-13/h8,11,15-16H,3-6H2,1-2H3. The first-order chi connectivity index (χ1) is 8.54. The van der Waals surface area contributed by atoms with Crippen molar-refractivity contribution in [3.05, 3.63) is 15.8 Å². The highest BCUT2D eigenvalue weighted by Crippen LogP contribution is 2.28. The van der Waals surface area contributed by atoms with Gasteiger partial charge in [-0.25, -0.2) is 4.68 Å². The predicted molar refractivity (Wildman–Crippen MR) is 65.5 cm³/mol. The van der Waals surface area contributed by atoms with Crippen LogP contribution in [0.1, 0.15) is 19.0 Å². The summed E-state index contributed by atoms with van der Waals surface area (Å²) in [5.41, 5.74) is 0.195. The van der Waals surface area contributed by atoms with Crippen LogP contribution in [0.5, 0.6) is 0 Å². The first-order valence-electron chi connectivity index (χ1n) is 5.75. The van der Waals surface area contributed by atoms with Gasteiger partial charge in [-0.3, -0.25) is 10.1 Å². The Hall–Kier alpha value is -1.67. The first-order valence-corrected chi connectivity index (χ1v) is 5.75. The van der Waals surface area contributed by atoms with Crippen molar-refractivity contribution in [2.45, 2.75) is 32.9 Å². The smallest absolute Gasteiger partial charge is 0.333 e. The number of aliphatic hydroxyl groups excluding tert-OH is 2. The number of aryl methyl sites for hydroxylation is 2. The zero-order chi connectivity index (χ0) is 13.7. The summed E-state index contributed by atoms with van der Waals surface area (Å²) >= 11 is 0. The zero-order valence-electron chi connectivity index (χ0n) is 10.5. The summed E-state index contributed by atoms with van der Waals surface area (Å²) < 4.78 is 1.49. The van der Waals surface area contributed by atoms with Gasteiger partial charge in [-0.1, -0.05) is 6.92 Å². The monoisotopic (exact) mass is 258 g/mol. The lowest BCUT2D eigenvalue weighted by atomic mass is 10.3. The molecule has 0 unspecified atom stereocenters. The van der Waals surface area contributed by atoms with Gasteiger partial charge in [0.05, 0.1) is 24.2 Å². The van der Waals surface area contributed by atoms with E-state index >= 15 is 0 Å². The Morgan fingerprint density at radius 3 is 2.56 bits per heavy atom. The molecule has 0 fully saturated rings. The van der Waals surface area contributed by atoms with Crippen molar-refractivity contribution in [2.24, 2.45) is 0 Å². The Balaban J connectivity index is 3.14. The predicted octanol–water partition coefficient (Wildman–Crippen LogP) is 0.275. The Labute approximate surface area is 104 Å². The number of hydrogen-bond donors (Lipinski definition) is 3. The van der Waals surface area contributed by atoms with E-state index in [0.717, 1.165) is 6.42 Å². The first kappa shape index (κ1) is 14.4. The number of hydrogen-bond acceptors (Lipinski definition) is 6. The largest absolute Gasteiger partial charge is 0.394 e. The van der Waals surface area contributed by atoms with Crippen LogP contribution in [0.3, 0.4) is 0 Å². The van der Waals surface area contributed by atoms with Crippen molar-refractivity contribution in [3.8, 4) is 0 Å². The molecule has 18 heavy (non-hydrogen) atoms. The summed E-state index contributed by atoms with van der Waals surface area (Å²) in [5, 5.41) is 35.9. The molecule has 102 valence electrons. The van der Waals surface area contributed by atoms with Crippen LogP contribution < -0.4 is 5.32 Å². The molecule has 0 aromatic carbocycles. The van der Waals surface area contributed by atoms with Gasteiger partial charge in [0.1, 0.15) is 5.69 Å². The Kier molecular flexibility index (Phi) is 5.05. The van der Waals surface area contributed by atoms with Gasteiger partial charge in [0, 0.05) is 6.54 Å². The average molecular weight is 258 g/mol. The molecule has 1 aromatic rings. The minimum Gasteiger partial charge on any atom is -0.394 e. The Bertz CT molecular complexity index is 414. The third-order valence-electron chi connectivity index (χ3n) is 2.50. The van der Waals surface area contributed by atoms with Crippen molar-refractivity contribution in [3.63, 3.8) is 0 Å². The summed E-state index contributed by atoms with van der Waals surface area (Å²) in [5.74, 6) is 0.229. The maximum absolute atomic E-state index is 11.0. The van der Waals surface area contributed by atoms with E-state index in [1.807, 2.05) is 6.92 Å². The van der Waals surface area contributed by atoms with E-state index in [2.05, 4.69) is 10.4 Å². The third-order valence-corrected chi connectivity index (χ3v) is 2.50. The molecule has 0 atom stereocenters. The molecule has 1 heterocycles. The van der Waals surface area contributed by atoms with Gasteiger partial charge in [0.15, 0.2) is 0 Å². The van der Waals surface area contributed by atoms with Gasteiger partial charge in [0.25, 0.3) is 0 Å². The molecule has 8 heteroatoms. The number of nitrogens with zero attached hydrogens (tertiary/aromatic N) is 3.